The molecular formula is C17H23N3O3S. The summed E-state index contributed by atoms with van der Waals surface area (Å²) in [5.74, 6) is 0.373. The fourth-order valence-electron chi connectivity index (χ4n) is 2.08. The van der Waals surface area contributed by atoms with Crippen molar-refractivity contribution in [3.8, 4) is 5.75 Å². The van der Waals surface area contributed by atoms with Gasteiger partial charge in [-0.3, -0.25) is 14.6 Å². The number of benzene rings is 1. The molecule has 0 unspecified atom stereocenters. The van der Waals surface area contributed by atoms with E-state index in [4.69, 9.17) is 4.74 Å². The topological polar surface area (TPSA) is 79.8 Å². The maximum absolute atomic E-state index is 12.1. The molecule has 0 saturated carbocycles. The number of anilines is 1. The monoisotopic (exact) mass is 349 g/mol. The van der Waals surface area contributed by atoms with E-state index < -0.39 is 5.25 Å². The molecule has 0 aliphatic carbocycles. The van der Waals surface area contributed by atoms with Gasteiger partial charge in [0.05, 0.1) is 12.1 Å². The molecule has 0 spiro atoms. The fourth-order valence-corrected chi connectivity index (χ4v) is 3.23. The van der Waals surface area contributed by atoms with Gasteiger partial charge in [-0.25, -0.2) is 0 Å². The van der Waals surface area contributed by atoms with E-state index in [0.29, 0.717) is 17.5 Å². The molecule has 0 aromatic heterocycles. The number of rotatable bonds is 5. The van der Waals surface area contributed by atoms with Crippen molar-refractivity contribution in [3.05, 3.63) is 24.3 Å². The van der Waals surface area contributed by atoms with E-state index in [1.54, 1.807) is 24.3 Å². The minimum absolute atomic E-state index is 0.104. The van der Waals surface area contributed by atoms with Gasteiger partial charge in [0.15, 0.2) is 5.17 Å². The predicted octanol–water partition coefficient (Wildman–Crippen LogP) is 2.80. The second kappa shape index (κ2) is 7.70. The highest BCUT2D eigenvalue weighted by molar-refractivity contribution is 8.15. The highest BCUT2D eigenvalue weighted by Gasteiger charge is 2.32. The number of nitrogens with zero attached hydrogens (tertiary/aromatic N) is 1. The number of thioether (sulfide) groups is 1. The van der Waals surface area contributed by atoms with Crippen molar-refractivity contribution in [2.24, 2.45) is 4.99 Å². The van der Waals surface area contributed by atoms with Crippen LogP contribution in [0, 0.1) is 0 Å². The number of amides is 2. The molecule has 1 heterocycles. The van der Waals surface area contributed by atoms with E-state index in [1.165, 1.54) is 11.8 Å². The number of carbonyl (C=O) groups is 2. The van der Waals surface area contributed by atoms with E-state index in [2.05, 4.69) is 15.6 Å². The molecule has 1 aliphatic rings. The van der Waals surface area contributed by atoms with E-state index in [0.717, 1.165) is 5.75 Å². The zero-order valence-electron chi connectivity index (χ0n) is 14.4. The zero-order valence-corrected chi connectivity index (χ0v) is 15.2. The molecule has 1 saturated heterocycles. The number of hydrogen-bond acceptors (Lipinski definition) is 5. The lowest BCUT2D eigenvalue weighted by Gasteiger charge is -2.12. The molecule has 24 heavy (non-hydrogen) atoms. The standard InChI is InChI=1S/C17H23N3O3S/c1-5-23-12-8-6-11(7-9-12)18-14(21)10-13-15(22)19-16(24-13)20-17(2,3)4/h6-9,13H,5,10H2,1-4H3,(H,18,21)(H,19,20,22)/t13-/m1/s1. The number of ether oxygens (including phenoxy) is 1. The number of hydrogen-bond donors (Lipinski definition) is 2. The van der Waals surface area contributed by atoms with Crippen molar-refractivity contribution in [1.82, 2.24) is 5.32 Å². The van der Waals surface area contributed by atoms with Gasteiger partial charge in [-0.15, -0.1) is 0 Å². The van der Waals surface area contributed by atoms with Gasteiger partial charge in [0, 0.05) is 12.1 Å². The van der Waals surface area contributed by atoms with Gasteiger partial charge in [0.25, 0.3) is 0 Å². The maximum atomic E-state index is 12.1. The Morgan fingerprint density at radius 1 is 1.33 bits per heavy atom. The summed E-state index contributed by atoms with van der Waals surface area (Å²) in [7, 11) is 0. The number of amidine groups is 1. The van der Waals surface area contributed by atoms with Gasteiger partial charge in [-0.2, -0.15) is 0 Å². The Labute approximate surface area is 146 Å². The number of aliphatic imine (C=N–C) groups is 1. The van der Waals surface area contributed by atoms with Gasteiger partial charge < -0.3 is 15.4 Å². The van der Waals surface area contributed by atoms with Crippen LogP contribution in [0.3, 0.4) is 0 Å². The second-order valence-electron chi connectivity index (χ2n) is 6.39. The van der Waals surface area contributed by atoms with Crippen molar-refractivity contribution in [2.45, 2.75) is 44.9 Å². The van der Waals surface area contributed by atoms with Crippen molar-refractivity contribution < 1.29 is 14.3 Å². The Bertz CT molecular complexity index is 635. The molecule has 1 aliphatic heterocycles. The molecule has 0 radical (unpaired) electrons. The minimum Gasteiger partial charge on any atom is -0.494 e. The Hall–Kier alpha value is -2.02. The highest BCUT2D eigenvalue weighted by atomic mass is 32.2. The molecular weight excluding hydrogens is 326 g/mol. The Morgan fingerprint density at radius 3 is 2.58 bits per heavy atom. The normalized spacial score (nSPS) is 19.2. The molecule has 2 rings (SSSR count). The van der Waals surface area contributed by atoms with Crippen LogP contribution in [0.4, 0.5) is 5.69 Å². The third-order valence-electron chi connectivity index (χ3n) is 3.03. The van der Waals surface area contributed by atoms with Gasteiger partial charge in [0.1, 0.15) is 11.0 Å². The average molecular weight is 349 g/mol. The lowest BCUT2D eigenvalue weighted by molar-refractivity contribution is -0.122. The average Bonchev–Trinajstić information content (AvgIpc) is 2.78. The van der Waals surface area contributed by atoms with E-state index in [1.807, 2.05) is 27.7 Å². The third-order valence-corrected chi connectivity index (χ3v) is 4.12. The van der Waals surface area contributed by atoms with Crippen LogP contribution in [0.5, 0.6) is 5.75 Å². The van der Waals surface area contributed by atoms with Crippen LogP contribution in [-0.4, -0.2) is 34.4 Å². The summed E-state index contributed by atoms with van der Waals surface area (Å²) >= 11 is 1.30. The zero-order chi connectivity index (χ0) is 17.7. The van der Waals surface area contributed by atoms with Gasteiger partial charge in [-0.05, 0) is 52.0 Å². The summed E-state index contributed by atoms with van der Waals surface area (Å²) in [6.45, 7) is 8.38. The van der Waals surface area contributed by atoms with Crippen LogP contribution in [0.1, 0.15) is 34.1 Å². The Kier molecular flexibility index (Phi) is 5.88. The molecule has 1 aromatic carbocycles. The summed E-state index contributed by atoms with van der Waals surface area (Å²) in [5, 5.41) is 5.65. The van der Waals surface area contributed by atoms with Crippen LogP contribution < -0.4 is 15.4 Å². The maximum Gasteiger partial charge on any atom is 0.240 e. The first-order valence-corrected chi connectivity index (χ1v) is 8.75. The molecule has 1 fully saturated rings. The van der Waals surface area contributed by atoms with E-state index in [9.17, 15) is 9.59 Å². The molecule has 6 nitrogen and oxygen atoms in total. The van der Waals surface area contributed by atoms with Gasteiger partial charge in [-0.1, -0.05) is 11.8 Å². The minimum atomic E-state index is -0.450. The van der Waals surface area contributed by atoms with Crippen LogP contribution in [-0.2, 0) is 9.59 Å². The highest BCUT2D eigenvalue weighted by Crippen LogP contribution is 2.25. The van der Waals surface area contributed by atoms with Crippen molar-refractivity contribution in [1.29, 1.82) is 0 Å². The van der Waals surface area contributed by atoms with Crippen LogP contribution in [0.25, 0.3) is 0 Å². The summed E-state index contributed by atoms with van der Waals surface area (Å²) in [5.41, 5.74) is 0.408. The SMILES string of the molecule is CCOc1ccc(NC(=O)C[C@H]2SC(=NC(C)(C)C)NC2=O)cc1. The lowest BCUT2D eigenvalue weighted by atomic mass is 10.1. The molecule has 130 valence electrons. The first-order valence-electron chi connectivity index (χ1n) is 7.87. The van der Waals surface area contributed by atoms with Crippen LogP contribution >= 0.6 is 11.8 Å². The fraction of sp³-hybridized carbons (Fsp3) is 0.471. The van der Waals surface area contributed by atoms with Crippen LogP contribution in [0.2, 0.25) is 0 Å². The number of nitrogens with one attached hydrogen (secondary N) is 2. The van der Waals surface area contributed by atoms with Crippen LogP contribution in [0.15, 0.2) is 29.3 Å². The molecule has 2 N–H and O–H groups in total. The molecule has 7 heteroatoms. The predicted molar refractivity (Wildman–Crippen MR) is 97.6 cm³/mol. The second-order valence-corrected chi connectivity index (χ2v) is 7.58. The summed E-state index contributed by atoms with van der Waals surface area (Å²) in [6, 6.07) is 7.14. The van der Waals surface area contributed by atoms with Crippen molar-refractivity contribution >= 4 is 34.4 Å². The van der Waals surface area contributed by atoms with Gasteiger partial charge in [0.2, 0.25) is 11.8 Å². The van der Waals surface area contributed by atoms with E-state index in [-0.39, 0.29) is 23.8 Å². The lowest BCUT2D eigenvalue weighted by Crippen LogP contribution is -2.28. The molecule has 2 amide bonds. The molecule has 1 aromatic rings. The quantitative estimate of drug-likeness (QED) is 0.857. The van der Waals surface area contributed by atoms with Crippen molar-refractivity contribution in [3.63, 3.8) is 0 Å². The summed E-state index contributed by atoms with van der Waals surface area (Å²) in [6.07, 6.45) is 0.104. The largest absolute Gasteiger partial charge is 0.494 e. The smallest absolute Gasteiger partial charge is 0.240 e. The Balaban J connectivity index is 1.90. The number of carbonyl (C=O) groups excluding carboxylic acids is 2. The Morgan fingerprint density at radius 2 is 2.00 bits per heavy atom. The molecule has 0 bridgehead atoms. The molecule has 1 atom stereocenters. The third kappa shape index (κ3) is 5.56. The first kappa shape index (κ1) is 18.3. The first-order chi connectivity index (χ1) is 11.3. The van der Waals surface area contributed by atoms with Crippen molar-refractivity contribution in [2.75, 3.05) is 11.9 Å². The summed E-state index contributed by atoms with van der Waals surface area (Å²) < 4.78 is 5.36. The van der Waals surface area contributed by atoms with Gasteiger partial charge >= 0.3 is 0 Å². The van der Waals surface area contributed by atoms with E-state index >= 15 is 0 Å². The summed E-state index contributed by atoms with van der Waals surface area (Å²) in [4.78, 5) is 28.5.